The van der Waals surface area contributed by atoms with E-state index in [1.165, 1.54) is 0 Å². The summed E-state index contributed by atoms with van der Waals surface area (Å²) in [6, 6.07) is 1.80. The highest BCUT2D eigenvalue weighted by molar-refractivity contribution is 5.93. The number of hydrogen-bond acceptors (Lipinski definition) is 2. The molecule has 0 spiro atoms. The third-order valence-electron chi connectivity index (χ3n) is 2.14. The lowest BCUT2D eigenvalue weighted by Crippen LogP contribution is -2.20. The molecule has 0 aliphatic carbocycles. The van der Waals surface area contributed by atoms with Gasteiger partial charge in [-0.1, -0.05) is 0 Å². The molecule has 0 bridgehead atoms. The number of nitrogens with zero attached hydrogens (tertiary/aromatic N) is 1. The fourth-order valence-corrected chi connectivity index (χ4v) is 1.19. The summed E-state index contributed by atoms with van der Waals surface area (Å²) in [6.45, 7) is 5.84. The second-order valence-electron chi connectivity index (χ2n) is 4.26. The van der Waals surface area contributed by atoms with E-state index in [1.807, 2.05) is 17.0 Å². The van der Waals surface area contributed by atoms with E-state index < -0.39 is 5.60 Å². The van der Waals surface area contributed by atoms with Crippen molar-refractivity contribution in [1.82, 2.24) is 4.57 Å². The summed E-state index contributed by atoms with van der Waals surface area (Å²) < 4.78 is 1.93. The third kappa shape index (κ3) is 3.34. The van der Waals surface area contributed by atoms with Gasteiger partial charge in [0.1, 0.15) is 0 Å². The predicted octanol–water partition coefficient (Wildman–Crippen LogP) is 1.85. The van der Waals surface area contributed by atoms with Crippen LogP contribution in [0.3, 0.4) is 0 Å². The van der Waals surface area contributed by atoms with Crippen LogP contribution in [0, 0.1) is 0 Å². The smallest absolute Gasteiger partial charge is 0.161 e. The number of aliphatic hydroxyl groups is 1. The number of rotatable bonds is 4. The molecule has 0 radical (unpaired) electrons. The second kappa shape index (κ2) is 3.96. The Bertz CT molecular complexity index is 320. The molecule has 78 valence electrons. The number of carbonyl (C=O) groups excluding carboxylic acids is 1. The summed E-state index contributed by atoms with van der Waals surface area (Å²) in [5.41, 5.74) is 0.0708. The van der Waals surface area contributed by atoms with Gasteiger partial charge in [0.15, 0.2) is 5.78 Å². The first kappa shape index (κ1) is 11.0. The highest BCUT2D eigenvalue weighted by Gasteiger charge is 2.12. The van der Waals surface area contributed by atoms with E-state index in [9.17, 15) is 9.90 Å². The molecule has 14 heavy (non-hydrogen) atoms. The van der Waals surface area contributed by atoms with Gasteiger partial charge >= 0.3 is 0 Å². The number of aryl methyl sites for hydroxylation is 1. The molecule has 3 heteroatoms. The molecule has 0 atom stereocenters. The van der Waals surface area contributed by atoms with Crippen molar-refractivity contribution in [3.05, 3.63) is 24.0 Å². The molecule has 0 aliphatic rings. The molecule has 3 nitrogen and oxygen atoms in total. The molecule has 0 amide bonds. The van der Waals surface area contributed by atoms with Gasteiger partial charge in [-0.15, -0.1) is 0 Å². The lowest BCUT2D eigenvalue weighted by Gasteiger charge is -2.16. The summed E-state index contributed by atoms with van der Waals surface area (Å²) in [4.78, 5) is 11.0. The Hall–Kier alpha value is -1.09. The standard InChI is InChI=1S/C11H17NO2/c1-9(13)10-4-6-12(8-10)7-5-11(2,3)14/h4,6,8,14H,5,7H2,1-3H3. The Morgan fingerprint density at radius 3 is 2.64 bits per heavy atom. The molecular weight excluding hydrogens is 178 g/mol. The second-order valence-corrected chi connectivity index (χ2v) is 4.26. The lowest BCUT2D eigenvalue weighted by atomic mass is 10.1. The zero-order valence-electron chi connectivity index (χ0n) is 8.95. The summed E-state index contributed by atoms with van der Waals surface area (Å²) >= 11 is 0. The van der Waals surface area contributed by atoms with Crippen molar-refractivity contribution in [2.24, 2.45) is 0 Å². The van der Waals surface area contributed by atoms with Crippen molar-refractivity contribution in [1.29, 1.82) is 0 Å². The Labute approximate surface area is 84.4 Å². The van der Waals surface area contributed by atoms with Crippen LogP contribution in [0.15, 0.2) is 18.5 Å². The van der Waals surface area contributed by atoms with Crippen LogP contribution in [-0.2, 0) is 6.54 Å². The average molecular weight is 195 g/mol. The number of carbonyl (C=O) groups is 1. The van der Waals surface area contributed by atoms with Gasteiger partial charge in [-0.3, -0.25) is 4.79 Å². The van der Waals surface area contributed by atoms with Crippen molar-refractivity contribution in [2.75, 3.05) is 0 Å². The number of aromatic nitrogens is 1. The normalized spacial score (nSPS) is 11.7. The molecule has 1 aromatic rings. The first-order chi connectivity index (χ1) is 6.38. The first-order valence-corrected chi connectivity index (χ1v) is 4.77. The molecule has 1 aromatic heterocycles. The zero-order valence-corrected chi connectivity index (χ0v) is 8.95. The molecule has 0 aliphatic heterocycles. The number of ketones is 1. The van der Waals surface area contributed by atoms with Crippen LogP contribution in [0.4, 0.5) is 0 Å². The topological polar surface area (TPSA) is 42.2 Å². The number of Topliss-reactive ketones (excluding diaryl/α,β-unsaturated/α-hetero) is 1. The largest absolute Gasteiger partial charge is 0.390 e. The van der Waals surface area contributed by atoms with Gasteiger partial charge in [0, 0.05) is 24.5 Å². The molecule has 1 rings (SSSR count). The van der Waals surface area contributed by atoms with Crippen LogP contribution < -0.4 is 0 Å². The van der Waals surface area contributed by atoms with E-state index in [1.54, 1.807) is 26.8 Å². The molecule has 0 saturated heterocycles. The van der Waals surface area contributed by atoms with E-state index in [-0.39, 0.29) is 5.78 Å². The maximum absolute atomic E-state index is 11.0. The van der Waals surface area contributed by atoms with Crippen LogP contribution in [0.1, 0.15) is 37.6 Å². The maximum atomic E-state index is 11.0. The van der Waals surface area contributed by atoms with Crippen molar-refractivity contribution in [3.63, 3.8) is 0 Å². The fraction of sp³-hybridized carbons (Fsp3) is 0.545. The van der Waals surface area contributed by atoms with E-state index in [4.69, 9.17) is 0 Å². The van der Waals surface area contributed by atoms with Crippen LogP contribution in [0.5, 0.6) is 0 Å². The SMILES string of the molecule is CC(=O)c1ccn(CCC(C)(C)O)c1. The Kier molecular flexibility index (Phi) is 3.11. The Balaban J connectivity index is 2.56. The van der Waals surface area contributed by atoms with Crippen LogP contribution in [0.25, 0.3) is 0 Å². The van der Waals surface area contributed by atoms with Gasteiger partial charge in [-0.25, -0.2) is 0 Å². The van der Waals surface area contributed by atoms with Gasteiger partial charge in [0.05, 0.1) is 5.60 Å². The molecule has 0 unspecified atom stereocenters. The van der Waals surface area contributed by atoms with E-state index in [2.05, 4.69) is 0 Å². The third-order valence-corrected chi connectivity index (χ3v) is 2.14. The highest BCUT2D eigenvalue weighted by Crippen LogP contribution is 2.10. The van der Waals surface area contributed by atoms with Crippen LogP contribution in [0.2, 0.25) is 0 Å². The minimum absolute atomic E-state index is 0.0759. The quantitative estimate of drug-likeness (QED) is 0.745. The Morgan fingerprint density at radius 2 is 2.21 bits per heavy atom. The van der Waals surface area contributed by atoms with Crippen LogP contribution in [-0.4, -0.2) is 21.1 Å². The maximum Gasteiger partial charge on any atom is 0.161 e. The van der Waals surface area contributed by atoms with Crippen molar-refractivity contribution in [3.8, 4) is 0 Å². The minimum Gasteiger partial charge on any atom is -0.390 e. The van der Waals surface area contributed by atoms with Crippen molar-refractivity contribution in [2.45, 2.75) is 39.3 Å². The van der Waals surface area contributed by atoms with E-state index in [0.29, 0.717) is 6.42 Å². The van der Waals surface area contributed by atoms with E-state index in [0.717, 1.165) is 12.1 Å². The van der Waals surface area contributed by atoms with Gasteiger partial charge in [0.2, 0.25) is 0 Å². The molecule has 0 fully saturated rings. The first-order valence-electron chi connectivity index (χ1n) is 4.77. The molecule has 0 aromatic carbocycles. The average Bonchev–Trinajstić information content (AvgIpc) is 2.47. The van der Waals surface area contributed by atoms with Gasteiger partial charge in [-0.2, -0.15) is 0 Å². The molecule has 0 saturated carbocycles. The zero-order chi connectivity index (χ0) is 10.8. The van der Waals surface area contributed by atoms with Crippen molar-refractivity contribution >= 4 is 5.78 Å². The molecule has 1 heterocycles. The van der Waals surface area contributed by atoms with Gasteiger partial charge in [-0.05, 0) is 33.3 Å². The molecular formula is C11H17NO2. The summed E-state index contributed by atoms with van der Waals surface area (Å²) in [7, 11) is 0. The summed E-state index contributed by atoms with van der Waals surface area (Å²) in [6.07, 6.45) is 4.36. The monoisotopic (exact) mass is 195 g/mol. The number of hydrogen-bond donors (Lipinski definition) is 1. The van der Waals surface area contributed by atoms with Gasteiger partial charge in [0.25, 0.3) is 0 Å². The van der Waals surface area contributed by atoms with Crippen molar-refractivity contribution < 1.29 is 9.90 Å². The summed E-state index contributed by atoms with van der Waals surface area (Å²) in [5, 5.41) is 9.51. The highest BCUT2D eigenvalue weighted by atomic mass is 16.3. The van der Waals surface area contributed by atoms with Crippen LogP contribution >= 0.6 is 0 Å². The minimum atomic E-state index is -0.652. The van der Waals surface area contributed by atoms with E-state index >= 15 is 0 Å². The summed E-state index contributed by atoms with van der Waals surface area (Å²) in [5.74, 6) is 0.0759. The van der Waals surface area contributed by atoms with Gasteiger partial charge < -0.3 is 9.67 Å². The fourth-order valence-electron chi connectivity index (χ4n) is 1.19. The molecule has 1 N–H and O–H groups in total. The lowest BCUT2D eigenvalue weighted by molar-refractivity contribution is 0.0662. The Morgan fingerprint density at radius 1 is 1.57 bits per heavy atom. The predicted molar refractivity (Wildman–Crippen MR) is 55.4 cm³/mol.